The first-order valence-corrected chi connectivity index (χ1v) is 7.44. The van der Waals surface area contributed by atoms with Crippen molar-refractivity contribution in [1.82, 2.24) is 0 Å². The molecular formula is C16H18N2O2S. The quantitative estimate of drug-likeness (QED) is 0.656. The van der Waals surface area contributed by atoms with Crippen LogP contribution in [-0.2, 0) is 4.79 Å². The van der Waals surface area contributed by atoms with Gasteiger partial charge >= 0.3 is 0 Å². The van der Waals surface area contributed by atoms with Crippen LogP contribution < -0.4 is 15.8 Å². The number of methoxy groups -OCH3 is 1. The number of thioether (sulfide) groups is 1. The van der Waals surface area contributed by atoms with Crippen LogP contribution in [0.2, 0.25) is 0 Å². The maximum atomic E-state index is 12.3. The summed E-state index contributed by atoms with van der Waals surface area (Å²) in [4.78, 5) is 13.3. The van der Waals surface area contributed by atoms with E-state index in [9.17, 15) is 4.79 Å². The Labute approximate surface area is 128 Å². The lowest BCUT2D eigenvalue weighted by molar-refractivity contribution is -0.115. The summed E-state index contributed by atoms with van der Waals surface area (Å²) >= 11 is 1.50. The Bertz CT molecular complexity index is 617. The number of nitrogens with one attached hydrogen (secondary N) is 1. The number of amides is 1. The maximum absolute atomic E-state index is 12.3. The minimum absolute atomic E-state index is 0.0900. The Morgan fingerprint density at radius 2 is 1.95 bits per heavy atom. The van der Waals surface area contributed by atoms with Crippen molar-refractivity contribution in [3.8, 4) is 5.75 Å². The number of carbonyl (C=O) groups excluding carboxylic acids is 1. The van der Waals surface area contributed by atoms with Crippen molar-refractivity contribution >= 4 is 29.0 Å². The molecule has 2 rings (SSSR count). The van der Waals surface area contributed by atoms with Crippen molar-refractivity contribution in [3.05, 3.63) is 48.5 Å². The first kappa shape index (κ1) is 15.3. The maximum Gasteiger partial charge on any atom is 0.237 e. The Morgan fingerprint density at radius 1 is 1.24 bits per heavy atom. The summed E-state index contributed by atoms with van der Waals surface area (Å²) in [5.41, 5.74) is 6.91. The summed E-state index contributed by atoms with van der Waals surface area (Å²) < 4.78 is 5.22. The van der Waals surface area contributed by atoms with Gasteiger partial charge in [-0.1, -0.05) is 18.2 Å². The van der Waals surface area contributed by atoms with E-state index < -0.39 is 0 Å². The fraction of sp³-hybridized carbons (Fsp3) is 0.188. The smallest absolute Gasteiger partial charge is 0.237 e. The number of nitrogen functional groups attached to an aromatic ring is 1. The van der Waals surface area contributed by atoms with Crippen molar-refractivity contribution in [2.45, 2.75) is 17.1 Å². The van der Waals surface area contributed by atoms with Crippen molar-refractivity contribution in [3.63, 3.8) is 0 Å². The van der Waals surface area contributed by atoms with Gasteiger partial charge in [-0.15, -0.1) is 11.8 Å². The predicted molar refractivity (Wildman–Crippen MR) is 87.8 cm³/mol. The first-order valence-electron chi connectivity index (χ1n) is 6.56. The van der Waals surface area contributed by atoms with Crippen LogP contribution in [0, 0.1) is 0 Å². The molecule has 5 heteroatoms. The molecular weight excluding hydrogens is 284 g/mol. The van der Waals surface area contributed by atoms with Crippen LogP contribution in [0.4, 0.5) is 11.4 Å². The second-order valence-corrected chi connectivity index (χ2v) is 5.94. The van der Waals surface area contributed by atoms with Crippen molar-refractivity contribution in [1.29, 1.82) is 0 Å². The first-order chi connectivity index (χ1) is 10.1. The minimum Gasteiger partial charge on any atom is -0.495 e. The van der Waals surface area contributed by atoms with E-state index in [1.54, 1.807) is 25.3 Å². The van der Waals surface area contributed by atoms with Crippen LogP contribution in [0.15, 0.2) is 53.4 Å². The number of nitrogens with two attached hydrogens (primary N) is 1. The standard InChI is InChI=1S/C16H18N2O2S/c1-11(21-13-6-4-3-5-7-13)16(19)18-14-10-12(17)8-9-15(14)20-2/h3-11H,17H2,1-2H3,(H,18,19). The van der Waals surface area contributed by atoms with Crippen molar-refractivity contribution < 1.29 is 9.53 Å². The lowest BCUT2D eigenvalue weighted by atomic mass is 10.2. The third-order valence-corrected chi connectivity index (χ3v) is 4.02. The Balaban J connectivity index is 2.05. The van der Waals surface area contributed by atoms with Gasteiger partial charge in [0.1, 0.15) is 5.75 Å². The van der Waals surface area contributed by atoms with E-state index in [1.165, 1.54) is 11.8 Å². The van der Waals surface area contributed by atoms with Gasteiger partial charge in [0, 0.05) is 10.6 Å². The molecule has 3 N–H and O–H groups in total. The van der Waals surface area contributed by atoms with Gasteiger partial charge in [0.2, 0.25) is 5.91 Å². The van der Waals surface area contributed by atoms with Crippen LogP contribution in [0.25, 0.3) is 0 Å². The summed E-state index contributed by atoms with van der Waals surface area (Å²) in [6, 6.07) is 15.0. The molecule has 1 atom stereocenters. The van der Waals surface area contributed by atoms with Gasteiger partial charge in [-0.2, -0.15) is 0 Å². The van der Waals surface area contributed by atoms with Gasteiger partial charge < -0.3 is 15.8 Å². The largest absolute Gasteiger partial charge is 0.495 e. The van der Waals surface area contributed by atoms with Gasteiger partial charge in [-0.05, 0) is 37.3 Å². The van der Waals surface area contributed by atoms with Gasteiger partial charge in [0.15, 0.2) is 0 Å². The van der Waals surface area contributed by atoms with E-state index in [2.05, 4.69) is 5.32 Å². The van der Waals surface area contributed by atoms with Crippen molar-refractivity contribution in [2.75, 3.05) is 18.2 Å². The second kappa shape index (κ2) is 7.04. The predicted octanol–water partition coefficient (Wildman–Crippen LogP) is 3.40. The summed E-state index contributed by atoms with van der Waals surface area (Å²) in [6.45, 7) is 1.87. The number of carbonyl (C=O) groups is 1. The third kappa shape index (κ3) is 4.16. The number of hydrogen-bond donors (Lipinski definition) is 2. The zero-order valence-electron chi connectivity index (χ0n) is 12.0. The van der Waals surface area contributed by atoms with Gasteiger partial charge in [0.05, 0.1) is 18.0 Å². The van der Waals surface area contributed by atoms with Crippen LogP contribution in [0.5, 0.6) is 5.75 Å². The molecule has 110 valence electrons. The molecule has 0 radical (unpaired) electrons. The molecule has 0 heterocycles. The highest BCUT2D eigenvalue weighted by Crippen LogP contribution is 2.28. The van der Waals surface area contributed by atoms with Crippen LogP contribution in [0.3, 0.4) is 0 Å². The molecule has 1 unspecified atom stereocenters. The highest BCUT2D eigenvalue weighted by atomic mass is 32.2. The molecule has 0 spiro atoms. The Kier molecular flexibility index (Phi) is 5.11. The molecule has 0 saturated heterocycles. The number of hydrogen-bond acceptors (Lipinski definition) is 4. The average Bonchev–Trinajstić information content (AvgIpc) is 2.48. The summed E-state index contributed by atoms with van der Waals surface area (Å²) in [5, 5.41) is 2.63. The molecule has 0 aliphatic carbocycles. The van der Waals surface area contributed by atoms with Gasteiger partial charge in [0.25, 0.3) is 0 Å². The van der Waals surface area contributed by atoms with Gasteiger partial charge in [-0.25, -0.2) is 0 Å². The topological polar surface area (TPSA) is 64.3 Å². The minimum atomic E-state index is -0.224. The molecule has 0 aliphatic heterocycles. The lowest BCUT2D eigenvalue weighted by Crippen LogP contribution is -2.22. The number of rotatable bonds is 5. The molecule has 2 aromatic rings. The average molecular weight is 302 g/mol. The zero-order valence-corrected chi connectivity index (χ0v) is 12.8. The number of benzene rings is 2. The van der Waals surface area contributed by atoms with E-state index in [0.29, 0.717) is 17.1 Å². The summed E-state index contributed by atoms with van der Waals surface area (Å²) in [5.74, 6) is 0.502. The Hall–Kier alpha value is -2.14. The van der Waals surface area contributed by atoms with Crippen molar-refractivity contribution in [2.24, 2.45) is 0 Å². The normalized spacial score (nSPS) is 11.7. The van der Waals surface area contributed by atoms with E-state index in [-0.39, 0.29) is 11.2 Å². The molecule has 0 bridgehead atoms. The summed E-state index contributed by atoms with van der Waals surface area (Å²) in [7, 11) is 1.56. The molecule has 0 aliphatic rings. The molecule has 21 heavy (non-hydrogen) atoms. The van der Waals surface area contributed by atoms with Crippen LogP contribution >= 0.6 is 11.8 Å². The highest BCUT2D eigenvalue weighted by molar-refractivity contribution is 8.00. The van der Waals surface area contributed by atoms with E-state index in [0.717, 1.165) is 4.90 Å². The Morgan fingerprint density at radius 3 is 2.62 bits per heavy atom. The molecule has 4 nitrogen and oxygen atoms in total. The lowest BCUT2D eigenvalue weighted by Gasteiger charge is -2.14. The SMILES string of the molecule is COc1ccc(N)cc1NC(=O)C(C)Sc1ccccc1. The number of anilines is 2. The van der Waals surface area contributed by atoms with Crippen LogP contribution in [-0.4, -0.2) is 18.3 Å². The molecule has 0 fully saturated rings. The molecule has 1 amide bonds. The fourth-order valence-electron chi connectivity index (χ4n) is 1.81. The van der Waals surface area contributed by atoms with Crippen LogP contribution in [0.1, 0.15) is 6.92 Å². The second-order valence-electron chi connectivity index (χ2n) is 4.52. The summed E-state index contributed by atoms with van der Waals surface area (Å²) in [6.07, 6.45) is 0. The number of ether oxygens (including phenoxy) is 1. The monoisotopic (exact) mass is 302 g/mol. The van der Waals surface area contributed by atoms with E-state index in [4.69, 9.17) is 10.5 Å². The van der Waals surface area contributed by atoms with E-state index in [1.807, 2.05) is 37.3 Å². The highest BCUT2D eigenvalue weighted by Gasteiger charge is 2.16. The fourth-order valence-corrected chi connectivity index (χ4v) is 2.70. The third-order valence-electron chi connectivity index (χ3n) is 2.91. The molecule has 0 aromatic heterocycles. The molecule has 0 saturated carbocycles. The zero-order chi connectivity index (χ0) is 15.2. The van der Waals surface area contributed by atoms with E-state index >= 15 is 0 Å². The van der Waals surface area contributed by atoms with Gasteiger partial charge in [-0.3, -0.25) is 4.79 Å². The molecule has 2 aromatic carbocycles.